The van der Waals surface area contributed by atoms with Crippen molar-refractivity contribution in [1.29, 1.82) is 0 Å². The van der Waals surface area contributed by atoms with E-state index in [4.69, 9.17) is 14.4 Å². The van der Waals surface area contributed by atoms with Gasteiger partial charge >= 0.3 is 48.9 Å². The summed E-state index contributed by atoms with van der Waals surface area (Å²) in [5.74, 6) is 0. The molecule has 0 bridgehead atoms. The molecule has 0 aliphatic carbocycles. The average molecular weight is 294 g/mol. The second-order valence-electron chi connectivity index (χ2n) is 1.38. The molecule has 0 aliphatic rings. The zero-order chi connectivity index (χ0) is 7.82. The monoisotopic (exact) mass is 295 g/mol. The van der Waals surface area contributed by atoms with Gasteiger partial charge in [0.25, 0.3) is 8.25 Å². The summed E-state index contributed by atoms with van der Waals surface area (Å²) in [5.41, 5.74) is 0. The third-order valence-corrected chi connectivity index (χ3v) is 0.667. The van der Waals surface area contributed by atoms with Crippen LogP contribution in [0.1, 0.15) is 0 Å². The van der Waals surface area contributed by atoms with Crippen LogP contribution in [0.3, 0.4) is 0 Å². The van der Waals surface area contributed by atoms with Crippen LogP contribution in [0.15, 0.2) is 36.4 Å². The molecule has 0 aliphatic heterocycles. The first-order chi connectivity index (χ1) is 4.73. The van der Waals surface area contributed by atoms with Gasteiger partial charge in [0.2, 0.25) is 0 Å². The predicted octanol–water partition coefficient (Wildman–Crippen LogP) is -0.330. The molecular weight excluding hydrogens is 288 g/mol. The summed E-state index contributed by atoms with van der Waals surface area (Å²) in [7, 11) is -3.37. The summed E-state index contributed by atoms with van der Waals surface area (Å²) >= 11 is 0. The molecule has 0 heterocycles. The zero-order valence-electron chi connectivity index (χ0n) is 5.84. The normalized spacial score (nSPS) is 6.73. The Balaban J connectivity index is 0. The van der Waals surface area contributed by atoms with Crippen molar-refractivity contribution in [2.75, 3.05) is 0 Å². The molecule has 0 unspecified atom stereocenters. The van der Waals surface area contributed by atoms with E-state index >= 15 is 0 Å². The summed E-state index contributed by atoms with van der Waals surface area (Å²) in [6.45, 7) is 0. The molecule has 0 saturated heterocycles. The van der Waals surface area contributed by atoms with Gasteiger partial charge in [0.05, 0.1) is 0 Å². The smallest absolute Gasteiger partial charge is 0.598 e. The maximum absolute atomic E-state index is 8.48. The van der Waals surface area contributed by atoms with E-state index < -0.39 is 8.25 Å². The minimum atomic E-state index is -3.37. The molecule has 0 fully saturated rings. The Morgan fingerprint density at radius 3 is 1.00 bits per heavy atom. The molecule has 0 aromatic heterocycles. The van der Waals surface area contributed by atoms with Gasteiger partial charge in [-0.2, -0.15) is 0 Å². The van der Waals surface area contributed by atoms with Gasteiger partial charge in [-0.3, -0.25) is 0 Å². The molecule has 0 N–H and O–H groups in total. The van der Waals surface area contributed by atoms with Gasteiger partial charge in [-0.1, -0.05) is 41.0 Å². The third kappa shape index (κ3) is 18.1. The molecule has 1 rings (SSSR count). The Morgan fingerprint density at radius 2 is 0.909 bits per heavy atom. The standard InChI is InChI=1S/C6H6.Ba.HO3P/c1-2-4-6-5-3-1;;1-4(2)3/h1-6H;;(H,1,2,3)/q;+2;/p-1. The second-order valence-corrected chi connectivity index (χ2v) is 1.83. The van der Waals surface area contributed by atoms with Gasteiger partial charge in [-0.25, -0.2) is 0 Å². The van der Waals surface area contributed by atoms with Gasteiger partial charge in [-0.05, 0) is 0 Å². The summed E-state index contributed by atoms with van der Waals surface area (Å²) in [4.78, 5) is 17.0. The van der Waals surface area contributed by atoms with Crippen LogP contribution in [0.4, 0.5) is 0 Å². The van der Waals surface area contributed by atoms with E-state index in [-0.39, 0.29) is 48.9 Å². The van der Waals surface area contributed by atoms with Crippen molar-refractivity contribution in [2.24, 2.45) is 0 Å². The average Bonchev–Trinajstić information content (AvgIpc) is 1.90. The first kappa shape index (κ1) is 14.3. The number of rotatable bonds is 0. The van der Waals surface area contributed by atoms with Crippen molar-refractivity contribution in [1.82, 2.24) is 0 Å². The van der Waals surface area contributed by atoms with E-state index in [0.29, 0.717) is 0 Å². The van der Waals surface area contributed by atoms with Crippen LogP contribution in [-0.2, 0) is 4.57 Å². The van der Waals surface area contributed by atoms with Crippen LogP contribution in [0.2, 0.25) is 0 Å². The van der Waals surface area contributed by atoms with Crippen LogP contribution in [-0.4, -0.2) is 48.9 Å². The largest absolute Gasteiger partial charge is 2.00 e. The maximum Gasteiger partial charge on any atom is 2.00 e. The van der Waals surface area contributed by atoms with Crippen LogP contribution >= 0.6 is 8.25 Å². The second kappa shape index (κ2) is 10.8. The first-order valence-corrected chi connectivity index (χ1v) is 3.64. The van der Waals surface area contributed by atoms with Crippen molar-refractivity contribution < 1.29 is 14.4 Å². The SMILES string of the molecule is O=[P+]([O-])[O-].[Ba+2].c1ccccc1. The van der Waals surface area contributed by atoms with Crippen molar-refractivity contribution in [3.8, 4) is 0 Å². The predicted molar refractivity (Wildman–Crippen MR) is 39.8 cm³/mol. The Hall–Kier alpha value is 0.811. The fourth-order valence-electron chi connectivity index (χ4n) is 0.385. The molecular formula is C6H6BaO3P+. The van der Waals surface area contributed by atoms with E-state index in [1.54, 1.807) is 0 Å². The minimum Gasteiger partial charge on any atom is -0.598 e. The van der Waals surface area contributed by atoms with Gasteiger partial charge in [0.15, 0.2) is 0 Å². The molecule has 0 spiro atoms. The maximum atomic E-state index is 8.48. The van der Waals surface area contributed by atoms with E-state index in [0.717, 1.165) is 0 Å². The summed E-state index contributed by atoms with van der Waals surface area (Å²) in [6, 6.07) is 12.0. The minimum absolute atomic E-state index is 0. The number of benzene rings is 1. The number of hydrogen-bond acceptors (Lipinski definition) is 3. The fourth-order valence-corrected chi connectivity index (χ4v) is 0.385. The molecule has 0 amide bonds. The first-order valence-electron chi connectivity index (χ1n) is 2.55. The van der Waals surface area contributed by atoms with Crippen LogP contribution in [0.25, 0.3) is 0 Å². The van der Waals surface area contributed by atoms with E-state index in [2.05, 4.69) is 0 Å². The van der Waals surface area contributed by atoms with Crippen molar-refractivity contribution in [3.05, 3.63) is 36.4 Å². The Labute approximate surface area is 106 Å². The molecule has 1 aromatic carbocycles. The Bertz CT molecular complexity index is 150. The molecule has 11 heavy (non-hydrogen) atoms. The summed E-state index contributed by atoms with van der Waals surface area (Å²) in [5, 5.41) is 0. The van der Waals surface area contributed by atoms with Gasteiger partial charge in [-0.15, -0.1) is 0 Å². The molecule has 1 aromatic rings. The van der Waals surface area contributed by atoms with E-state index in [1.807, 2.05) is 36.4 Å². The van der Waals surface area contributed by atoms with Gasteiger partial charge in [0.1, 0.15) is 0 Å². The van der Waals surface area contributed by atoms with Crippen LogP contribution in [0, 0.1) is 0 Å². The number of hydrogen-bond donors (Lipinski definition) is 0. The molecule has 5 heteroatoms. The Morgan fingerprint density at radius 1 is 0.818 bits per heavy atom. The van der Waals surface area contributed by atoms with Crippen LogP contribution < -0.4 is 9.79 Å². The van der Waals surface area contributed by atoms with E-state index in [9.17, 15) is 0 Å². The van der Waals surface area contributed by atoms with Gasteiger partial charge < -0.3 is 9.79 Å². The van der Waals surface area contributed by atoms with Crippen molar-refractivity contribution in [3.63, 3.8) is 0 Å². The van der Waals surface area contributed by atoms with Crippen LogP contribution in [0.5, 0.6) is 0 Å². The summed E-state index contributed by atoms with van der Waals surface area (Å²) in [6.07, 6.45) is 0. The quantitative estimate of drug-likeness (QED) is 0.486. The van der Waals surface area contributed by atoms with Crippen molar-refractivity contribution >= 4 is 57.1 Å². The molecule has 3 nitrogen and oxygen atoms in total. The molecule has 0 atom stereocenters. The van der Waals surface area contributed by atoms with Crippen molar-refractivity contribution in [2.45, 2.75) is 0 Å². The molecule has 54 valence electrons. The Kier molecular flexibility index (Phi) is 14.1. The summed E-state index contributed by atoms with van der Waals surface area (Å²) < 4.78 is 8.48. The topological polar surface area (TPSA) is 63.2 Å². The fraction of sp³-hybridized carbons (Fsp3) is 0. The third-order valence-electron chi connectivity index (χ3n) is 0.667. The van der Waals surface area contributed by atoms with Gasteiger partial charge in [0, 0.05) is 0 Å². The molecule has 0 saturated carbocycles. The zero-order valence-corrected chi connectivity index (χ0v) is 11.2. The van der Waals surface area contributed by atoms with E-state index in [1.165, 1.54) is 0 Å². The molecule has 0 radical (unpaired) electrons.